The van der Waals surface area contributed by atoms with Crippen LogP contribution in [0.25, 0.3) is 16.8 Å². The first-order chi connectivity index (χ1) is 15.6. The van der Waals surface area contributed by atoms with E-state index in [0.29, 0.717) is 35.9 Å². The van der Waals surface area contributed by atoms with Crippen molar-refractivity contribution in [2.24, 2.45) is 0 Å². The summed E-state index contributed by atoms with van der Waals surface area (Å²) in [4.78, 5) is 4.50. The van der Waals surface area contributed by atoms with Crippen LogP contribution in [0.2, 0.25) is 0 Å². The topological polar surface area (TPSA) is 116 Å². The number of hydrogen-bond donors (Lipinski definition) is 2. The lowest BCUT2D eigenvalue weighted by molar-refractivity contribution is 0.357. The standard InChI is InChI=1S/C21H19FN6O3S/c22-18-8-13(4-5-15(18)10-26-32(29)30)17-11-24-21(28-12-25-27-20(17)28)23-9-14-2-1-3-19-16(14)6-7-31-19/h1-5,8,11-12,26H,6-7,9-10H2,(H,23,24)(H,29,30)/p-1. The normalized spacial score (nSPS) is 13.7. The molecule has 1 atom stereocenters. The van der Waals surface area contributed by atoms with Crippen LogP contribution in [0.3, 0.4) is 0 Å². The third kappa shape index (κ3) is 3.93. The van der Waals surface area contributed by atoms with Gasteiger partial charge >= 0.3 is 0 Å². The highest BCUT2D eigenvalue weighted by atomic mass is 32.2. The zero-order valence-corrected chi connectivity index (χ0v) is 17.6. The second kappa shape index (κ2) is 8.61. The number of hydrogen-bond acceptors (Lipinski definition) is 7. The van der Waals surface area contributed by atoms with E-state index < -0.39 is 17.1 Å². The van der Waals surface area contributed by atoms with E-state index in [9.17, 15) is 13.2 Å². The second-order valence-electron chi connectivity index (χ2n) is 7.23. The summed E-state index contributed by atoms with van der Waals surface area (Å²) in [6.45, 7) is 1.12. The summed E-state index contributed by atoms with van der Waals surface area (Å²) in [5.74, 6) is 0.953. The Bertz CT molecular complexity index is 1330. The maximum absolute atomic E-state index is 14.5. The quantitative estimate of drug-likeness (QED) is 0.413. The first-order valence-corrected chi connectivity index (χ1v) is 11.0. The minimum atomic E-state index is -2.46. The van der Waals surface area contributed by atoms with Crippen LogP contribution in [-0.2, 0) is 30.8 Å². The first-order valence-electron chi connectivity index (χ1n) is 9.88. The predicted molar refractivity (Wildman–Crippen MR) is 115 cm³/mol. The Balaban J connectivity index is 1.41. The van der Waals surface area contributed by atoms with Gasteiger partial charge in [0.1, 0.15) is 17.9 Å². The molecule has 0 saturated carbocycles. The van der Waals surface area contributed by atoms with Crippen LogP contribution in [0.5, 0.6) is 5.75 Å². The fourth-order valence-corrected chi connectivity index (χ4v) is 4.05. The number of aromatic nitrogens is 4. The Labute approximate surface area is 185 Å². The smallest absolute Gasteiger partial charge is 0.210 e. The third-order valence-corrected chi connectivity index (χ3v) is 5.73. The van der Waals surface area contributed by atoms with Crippen LogP contribution in [0, 0.1) is 5.82 Å². The number of ether oxygens (including phenoxy) is 1. The summed E-state index contributed by atoms with van der Waals surface area (Å²) in [7, 11) is 0. The predicted octanol–water partition coefficient (Wildman–Crippen LogP) is 2.36. The maximum atomic E-state index is 14.5. The number of fused-ring (bicyclic) bond motifs is 2. The summed E-state index contributed by atoms with van der Waals surface area (Å²) >= 11 is -2.46. The molecule has 1 aliphatic rings. The van der Waals surface area contributed by atoms with Gasteiger partial charge in [-0.25, -0.2) is 14.1 Å². The van der Waals surface area contributed by atoms with Gasteiger partial charge in [-0.2, -0.15) is 0 Å². The molecule has 0 amide bonds. The van der Waals surface area contributed by atoms with Crippen molar-refractivity contribution in [2.45, 2.75) is 19.5 Å². The number of nitrogens with one attached hydrogen (secondary N) is 2. The summed E-state index contributed by atoms with van der Waals surface area (Å²) in [5.41, 5.74) is 4.26. The average molecular weight is 453 g/mol. The van der Waals surface area contributed by atoms with Gasteiger partial charge in [-0.3, -0.25) is 8.61 Å². The lowest BCUT2D eigenvalue weighted by atomic mass is 10.1. The molecule has 1 aliphatic heterocycles. The molecule has 2 N–H and O–H groups in total. The number of nitrogens with zero attached hydrogens (tertiary/aromatic N) is 4. The molecule has 2 aromatic carbocycles. The highest BCUT2D eigenvalue weighted by Gasteiger charge is 2.17. The van der Waals surface area contributed by atoms with Crippen LogP contribution in [0.15, 0.2) is 48.9 Å². The summed E-state index contributed by atoms with van der Waals surface area (Å²) in [6.07, 6.45) is 4.04. The van der Waals surface area contributed by atoms with Crippen LogP contribution in [0.1, 0.15) is 16.7 Å². The Morgan fingerprint density at radius 3 is 2.97 bits per heavy atom. The van der Waals surface area contributed by atoms with Gasteiger partial charge in [0, 0.05) is 53.7 Å². The molecule has 0 bridgehead atoms. The molecule has 5 rings (SSSR count). The van der Waals surface area contributed by atoms with Crippen molar-refractivity contribution in [2.75, 3.05) is 11.9 Å². The third-order valence-electron chi connectivity index (χ3n) is 5.35. The van der Waals surface area contributed by atoms with E-state index in [1.54, 1.807) is 23.0 Å². The van der Waals surface area contributed by atoms with Gasteiger partial charge in [-0.15, -0.1) is 10.2 Å². The van der Waals surface area contributed by atoms with E-state index in [0.717, 1.165) is 17.7 Å². The number of rotatable bonds is 7. The van der Waals surface area contributed by atoms with Crippen molar-refractivity contribution in [3.05, 3.63) is 71.4 Å². The lowest BCUT2D eigenvalue weighted by Gasteiger charge is -2.12. The molecule has 0 aliphatic carbocycles. The minimum Gasteiger partial charge on any atom is -0.760 e. The number of halogens is 1. The maximum Gasteiger partial charge on any atom is 0.210 e. The largest absolute Gasteiger partial charge is 0.760 e. The molecule has 164 valence electrons. The molecular formula is C21H18FN6O3S-. The van der Waals surface area contributed by atoms with E-state index in [4.69, 9.17) is 4.74 Å². The van der Waals surface area contributed by atoms with Crippen LogP contribution >= 0.6 is 0 Å². The molecule has 1 unspecified atom stereocenters. The Morgan fingerprint density at radius 2 is 2.12 bits per heavy atom. The molecule has 0 saturated heterocycles. The molecule has 3 heterocycles. The van der Waals surface area contributed by atoms with E-state index in [1.807, 2.05) is 12.1 Å². The van der Waals surface area contributed by atoms with Crippen molar-refractivity contribution in [1.29, 1.82) is 0 Å². The van der Waals surface area contributed by atoms with E-state index in [-0.39, 0.29) is 12.1 Å². The summed E-state index contributed by atoms with van der Waals surface area (Å²) in [6, 6.07) is 10.5. The molecule has 32 heavy (non-hydrogen) atoms. The molecule has 2 aromatic heterocycles. The van der Waals surface area contributed by atoms with Crippen molar-refractivity contribution < 1.29 is 17.9 Å². The first kappa shape index (κ1) is 20.5. The average Bonchev–Trinajstić information content (AvgIpc) is 3.46. The summed E-state index contributed by atoms with van der Waals surface area (Å²) < 4.78 is 45.3. The Morgan fingerprint density at radius 1 is 1.22 bits per heavy atom. The van der Waals surface area contributed by atoms with Crippen molar-refractivity contribution >= 4 is 22.9 Å². The van der Waals surface area contributed by atoms with Crippen molar-refractivity contribution in [1.82, 2.24) is 24.3 Å². The zero-order chi connectivity index (χ0) is 22.1. The van der Waals surface area contributed by atoms with Gasteiger partial charge in [0.2, 0.25) is 5.95 Å². The molecule has 4 aromatic rings. The highest BCUT2D eigenvalue weighted by Crippen LogP contribution is 2.29. The molecule has 0 fully saturated rings. The molecular weight excluding hydrogens is 435 g/mol. The fraction of sp³-hybridized carbons (Fsp3) is 0.190. The van der Waals surface area contributed by atoms with Gasteiger partial charge in [-0.1, -0.05) is 24.3 Å². The SMILES string of the molecule is O=S([O-])NCc1ccc(-c2cnc(NCc3cccc4c3CCO4)n3cnnc23)cc1F. The minimum absolute atomic E-state index is 0.127. The van der Waals surface area contributed by atoms with E-state index in [2.05, 4.69) is 31.3 Å². The number of anilines is 1. The van der Waals surface area contributed by atoms with Gasteiger partial charge in [0.25, 0.3) is 0 Å². The Kier molecular flexibility index (Phi) is 5.52. The highest BCUT2D eigenvalue weighted by molar-refractivity contribution is 7.77. The van der Waals surface area contributed by atoms with Crippen molar-refractivity contribution in [3.8, 4) is 16.9 Å². The number of benzene rings is 2. The van der Waals surface area contributed by atoms with Crippen LogP contribution < -0.4 is 14.8 Å². The van der Waals surface area contributed by atoms with Crippen molar-refractivity contribution in [3.63, 3.8) is 0 Å². The molecule has 0 radical (unpaired) electrons. The monoisotopic (exact) mass is 453 g/mol. The molecule has 0 spiro atoms. The Hall–Kier alpha value is -3.41. The molecule has 9 nitrogen and oxygen atoms in total. The van der Waals surface area contributed by atoms with E-state index >= 15 is 0 Å². The molecule has 11 heteroatoms. The fourth-order valence-electron chi connectivity index (χ4n) is 3.78. The summed E-state index contributed by atoms with van der Waals surface area (Å²) in [5, 5.41) is 11.5. The van der Waals surface area contributed by atoms with Gasteiger partial charge in [-0.05, 0) is 23.3 Å². The van der Waals surface area contributed by atoms with Gasteiger partial charge in [0.05, 0.1) is 6.61 Å². The second-order valence-corrected chi connectivity index (χ2v) is 7.99. The van der Waals surface area contributed by atoms with Gasteiger partial charge in [0.15, 0.2) is 5.65 Å². The van der Waals surface area contributed by atoms with Crippen LogP contribution in [-0.4, -0.2) is 35.0 Å². The lowest BCUT2D eigenvalue weighted by Crippen LogP contribution is -2.16. The van der Waals surface area contributed by atoms with Crippen LogP contribution in [0.4, 0.5) is 10.3 Å². The zero-order valence-electron chi connectivity index (χ0n) is 16.7. The van der Waals surface area contributed by atoms with E-state index in [1.165, 1.54) is 17.7 Å². The van der Waals surface area contributed by atoms with Gasteiger partial charge < -0.3 is 14.6 Å².